The minimum atomic E-state index is -0.233. The quantitative estimate of drug-likeness (QED) is 0.894. The van der Waals surface area contributed by atoms with Crippen molar-refractivity contribution in [3.63, 3.8) is 0 Å². The third-order valence-electron chi connectivity index (χ3n) is 3.23. The number of benzene rings is 2. The van der Waals surface area contributed by atoms with Gasteiger partial charge in [-0.3, -0.25) is 4.79 Å². The molecule has 0 heterocycles. The van der Waals surface area contributed by atoms with E-state index in [-0.39, 0.29) is 11.9 Å². The van der Waals surface area contributed by atoms with Crippen LogP contribution in [-0.4, -0.2) is 31.4 Å². The van der Waals surface area contributed by atoms with Crippen LogP contribution in [0.3, 0.4) is 0 Å². The van der Waals surface area contributed by atoms with E-state index >= 15 is 0 Å². The number of carbonyl (C=O) groups excluding carboxylic acids is 1. The molecule has 0 spiro atoms. The topological polar surface area (TPSA) is 32.3 Å². The zero-order valence-corrected chi connectivity index (χ0v) is 14.0. The number of rotatable bonds is 5. The Bertz CT molecular complexity index is 644. The zero-order valence-electron chi connectivity index (χ0n) is 12.5. The molecule has 0 aromatic heterocycles. The van der Waals surface area contributed by atoms with E-state index in [1.807, 2.05) is 49.3 Å². The summed E-state index contributed by atoms with van der Waals surface area (Å²) >= 11 is 12.0. The monoisotopic (exact) mass is 336 g/mol. The van der Waals surface area contributed by atoms with Crippen LogP contribution in [0.5, 0.6) is 0 Å². The normalized spacial score (nSPS) is 12.2. The van der Waals surface area contributed by atoms with Crippen molar-refractivity contribution in [1.29, 1.82) is 0 Å². The Morgan fingerprint density at radius 3 is 2.45 bits per heavy atom. The average molecular weight is 337 g/mol. The van der Waals surface area contributed by atoms with Gasteiger partial charge in [0.2, 0.25) is 0 Å². The highest BCUT2D eigenvalue weighted by molar-refractivity contribution is 6.35. The van der Waals surface area contributed by atoms with Crippen LogP contribution in [0.4, 0.5) is 0 Å². The number of hydrogen-bond donors (Lipinski definition) is 1. The maximum Gasteiger partial charge on any atom is 0.253 e. The van der Waals surface area contributed by atoms with Crippen molar-refractivity contribution in [2.75, 3.05) is 20.6 Å². The highest BCUT2D eigenvalue weighted by Gasteiger charge is 2.18. The largest absolute Gasteiger partial charge is 0.344 e. The number of nitrogens with one attached hydrogen (secondary N) is 1. The van der Waals surface area contributed by atoms with Crippen LogP contribution in [0.2, 0.25) is 10.0 Å². The summed E-state index contributed by atoms with van der Waals surface area (Å²) in [6.45, 7) is 0.688. The summed E-state index contributed by atoms with van der Waals surface area (Å²) in [7, 11) is 3.93. The number of halogens is 2. The molecular formula is C17H18Cl2N2O. The second-order valence-corrected chi connectivity index (χ2v) is 6.17. The Morgan fingerprint density at radius 1 is 1.14 bits per heavy atom. The standard InChI is InChI=1S/C17H18Cl2N2O/c1-21(2)11-16(12-6-4-3-5-7-12)20-17(22)14-10-13(18)8-9-15(14)19/h3-10,16H,11H2,1-2H3,(H,20,22). The van der Waals surface area contributed by atoms with Gasteiger partial charge in [-0.05, 0) is 37.9 Å². The van der Waals surface area contributed by atoms with E-state index in [4.69, 9.17) is 23.2 Å². The van der Waals surface area contributed by atoms with E-state index in [2.05, 4.69) is 5.32 Å². The fourth-order valence-corrected chi connectivity index (χ4v) is 2.57. The van der Waals surface area contributed by atoms with Gasteiger partial charge in [0.1, 0.15) is 0 Å². The molecule has 0 aliphatic heterocycles. The predicted octanol–water partition coefficient (Wildman–Crippen LogP) is 4.03. The Kier molecular flexibility index (Phi) is 5.83. The molecule has 1 N–H and O–H groups in total. The Hall–Kier alpha value is -1.55. The van der Waals surface area contributed by atoms with Crippen molar-refractivity contribution in [3.8, 4) is 0 Å². The van der Waals surface area contributed by atoms with Crippen LogP contribution >= 0.6 is 23.2 Å². The molecule has 2 aromatic rings. The van der Waals surface area contributed by atoms with Crippen LogP contribution in [0.25, 0.3) is 0 Å². The molecule has 0 saturated heterocycles. The lowest BCUT2D eigenvalue weighted by Gasteiger charge is -2.23. The molecule has 2 aromatic carbocycles. The number of likely N-dealkylation sites (N-methyl/N-ethyl adjacent to an activating group) is 1. The molecule has 3 nitrogen and oxygen atoms in total. The van der Waals surface area contributed by atoms with Crippen LogP contribution in [0.1, 0.15) is 22.0 Å². The van der Waals surface area contributed by atoms with Crippen molar-refractivity contribution >= 4 is 29.1 Å². The van der Waals surface area contributed by atoms with Crippen molar-refractivity contribution in [2.24, 2.45) is 0 Å². The lowest BCUT2D eigenvalue weighted by molar-refractivity contribution is 0.0930. The van der Waals surface area contributed by atoms with Crippen LogP contribution in [-0.2, 0) is 0 Å². The number of nitrogens with zero attached hydrogens (tertiary/aromatic N) is 1. The smallest absolute Gasteiger partial charge is 0.253 e. The van der Waals surface area contributed by atoms with Crippen LogP contribution < -0.4 is 5.32 Å². The van der Waals surface area contributed by atoms with Gasteiger partial charge in [-0.1, -0.05) is 53.5 Å². The maximum absolute atomic E-state index is 12.5. The van der Waals surface area contributed by atoms with Gasteiger partial charge in [0.25, 0.3) is 5.91 Å². The molecule has 1 amide bonds. The third kappa shape index (κ3) is 4.47. The summed E-state index contributed by atoms with van der Waals surface area (Å²) in [6, 6.07) is 14.6. The van der Waals surface area contributed by atoms with Gasteiger partial charge < -0.3 is 10.2 Å². The number of hydrogen-bond acceptors (Lipinski definition) is 2. The molecule has 2 rings (SSSR count). The van der Waals surface area contributed by atoms with E-state index < -0.39 is 0 Å². The molecular weight excluding hydrogens is 319 g/mol. The SMILES string of the molecule is CN(C)CC(NC(=O)c1cc(Cl)ccc1Cl)c1ccccc1. The Morgan fingerprint density at radius 2 is 1.82 bits per heavy atom. The first kappa shape index (κ1) is 16.8. The highest BCUT2D eigenvalue weighted by Crippen LogP contribution is 2.22. The van der Waals surface area contributed by atoms with Gasteiger partial charge in [-0.15, -0.1) is 0 Å². The first-order valence-corrected chi connectivity index (χ1v) is 7.68. The molecule has 0 fully saturated rings. The third-order valence-corrected chi connectivity index (χ3v) is 3.79. The molecule has 0 saturated carbocycles. The van der Waals surface area contributed by atoms with Crippen molar-refractivity contribution in [2.45, 2.75) is 6.04 Å². The number of carbonyl (C=O) groups is 1. The first-order chi connectivity index (χ1) is 10.5. The van der Waals surface area contributed by atoms with Crippen molar-refractivity contribution in [3.05, 3.63) is 69.7 Å². The van der Waals surface area contributed by atoms with E-state index in [9.17, 15) is 4.79 Å². The Balaban J connectivity index is 2.23. The average Bonchev–Trinajstić information content (AvgIpc) is 2.49. The van der Waals surface area contributed by atoms with E-state index in [0.717, 1.165) is 5.56 Å². The summed E-state index contributed by atoms with van der Waals surface area (Å²) in [5, 5.41) is 3.90. The second kappa shape index (κ2) is 7.63. The van der Waals surface area contributed by atoms with E-state index in [0.29, 0.717) is 22.2 Å². The first-order valence-electron chi connectivity index (χ1n) is 6.93. The Labute approximate surface area is 140 Å². The van der Waals surface area contributed by atoms with Crippen LogP contribution in [0, 0.1) is 0 Å². The summed E-state index contributed by atoms with van der Waals surface area (Å²) in [6.07, 6.45) is 0. The second-order valence-electron chi connectivity index (χ2n) is 5.32. The molecule has 0 aliphatic carbocycles. The highest BCUT2D eigenvalue weighted by atomic mass is 35.5. The molecule has 0 aliphatic rings. The molecule has 1 unspecified atom stereocenters. The van der Waals surface area contributed by atoms with Gasteiger partial charge in [-0.25, -0.2) is 0 Å². The van der Waals surface area contributed by atoms with Crippen molar-refractivity contribution < 1.29 is 4.79 Å². The van der Waals surface area contributed by atoms with Crippen molar-refractivity contribution in [1.82, 2.24) is 10.2 Å². The number of amides is 1. The molecule has 0 radical (unpaired) electrons. The minimum absolute atomic E-state index is 0.126. The summed E-state index contributed by atoms with van der Waals surface area (Å²) < 4.78 is 0. The van der Waals surface area contributed by atoms with E-state index in [1.54, 1.807) is 18.2 Å². The van der Waals surface area contributed by atoms with Gasteiger partial charge >= 0.3 is 0 Å². The lowest BCUT2D eigenvalue weighted by Crippen LogP contribution is -2.35. The maximum atomic E-state index is 12.5. The molecule has 5 heteroatoms. The minimum Gasteiger partial charge on any atom is -0.344 e. The fraction of sp³-hybridized carbons (Fsp3) is 0.235. The van der Waals surface area contributed by atoms with Crippen LogP contribution in [0.15, 0.2) is 48.5 Å². The summed E-state index contributed by atoms with van der Waals surface area (Å²) in [5.41, 5.74) is 1.43. The lowest BCUT2D eigenvalue weighted by atomic mass is 10.1. The molecule has 22 heavy (non-hydrogen) atoms. The van der Waals surface area contributed by atoms with Gasteiger partial charge in [0.05, 0.1) is 16.6 Å². The zero-order chi connectivity index (χ0) is 16.1. The molecule has 116 valence electrons. The summed E-state index contributed by atoms with van der Waals surface area (Å²) in [5.74, 6) is -0.233. The molecule has 0 bridgehead atoms. The van der Waals surface area contributed by atoms with Gasteiger partial charge in [0.15, 0.2) is 0 Å². The molecule has 1 atom stereocenters. The predicted molar refractivity (Wildman–Crippen MR) is 91.7 cm³/mol. The fourth-order valence-electron chi connectivity index (χ4n) is 2.19. The summed E-state index contributed by atoms with van der Waals surface area (Å²) in [4.78, 5) is 14.5. The van der Waals surface area contributed by atoms with Gasteiger partial charge in [-0.2, -0.15) is 0 Å². The van der Waals surface area contributed by atoms with E-state index in [1.165, 1.54) is 0 Å². The van der Waals surface area contributed by atoms with Gasteiger partial charge in [0, 0.05) is 11.6 Å².